The fourth-order valence-electron chi connectivity index (χ4n) is 3.35. The van der Waals surface area contributed by atoms with Crippen LogP contribution in [0.1, 0.15) is 46.7 Å². The summed E-state index contributed by atoms with van der Waals surface area (Å²) in [5, 5.41) is 4.53. The number of aromatic nitrogens is 1. The minimum Gasteiger partial charge on any atom is -0.460 e. The molecule has 2 rings (SSSR count). The Labute approximate surface area is 218 Å². The molecule has 0 aliphatic carbocycles. The molecule has 0 aromatic carbocycles. The van der Waals surface area contributed by atoms with Crippen molar-refractivity contribution in [3.8, 4) is 0 Å². The Bertz CT molecular complexity index is 869. The number of alkyl halides is 3. The molecule has 1 N–H and O–H groups in total. The molecule has 0 bridgehead atoms. The van der Waals surface area contributed by atoms with Crippen molar-refractivity contribution in [1.82, 2.24) is 9.88 Å². The van der Waals surface area contributed by atoms with E-state index in [9.17, 15) is 14.4 Å². The summed E-state index contributed by atoms with van der Waals surface area (Å²) in [5.74, 6) is -0.439. The van der Waals surface area contributed by atoms with Gasteiger partial charge in [0, 0.05) is 11.9 Å². The Kier molecular flexibility index (Phi) is 10.1. The molecule has 0 unspecified atom stereocenters. The molecule has 1 aromatic heterocycles. The molecule has 13 heteroatoms. The van der Waals surface area contributed by atoms with Crippen molar-refractivity contribution in [3.05, 3.63) is 11.1 Å². The first kappa shape index (κ1) is 28.7. The summed E-state index contributed by atoms with van der Waals surface area (Å²) in [4.78, 5) is 42.8. The molecule has 2 atom stereocenters. The van der Waals surface area contributed by atoms with Gasteiger partial charge < -0.3 is 19.1 Å². The monoisotopic (exact) mass is 557 g/mol. The van der Waals surface area contributed by atoms with Gasteiger partial charge in [-0.2, -0.15) is 0 Å². The van der Waals surface area contributed by atoms with E-state index in [4.69, 9.17) is 49.0 Å². The second-order valence-electron chi connectivity index (χ2n) is 9.36. The Morgan fingerprint density at radius 1 is 1.32 bits per heavy atom. The Hall–Kier alpha value is -1.49. The molecule has 1 fully saturated rings. The third kappa shape index (κ3) is 10.0. The second-order valence-corrected chi connectivity index (χ2v) is 12.7. The largest absolute Gasteiger partial charge is 0.460 e. The van der Waals surface area contributed by atoms with Crippen molar-refractivity contribution < 1.29 is 28.6 Å². The zero-order valence-electron chi connectivity index (χ0n) is 19.7. The standard InChI is InChI=1S/C21H30Cl3N3O6S/c1-12(2)15-9-31-19(30)27(15)8-13(7-16(28)33-20(3,4)5)6-14-10-34-17(25-14)26-18(29)32-11-21(22,23)24/h10,12-13,15H,6-9,11H2,1-5H3,(H,25,26,29)/t13-,15-/m1/s1. The van der Waals surface area contributed by atoms with E-state index < -0.39 is 28.2 Å². The average molecular weight is 559 g/mol. The Morgan fingerprint density at radius 2 is 2.00 bits per heavy atom. The van der Waals surface area contributed by atoms with E-state index in [2.05, 4.69) is 10.3 Å². The number of cyclic esters (lactones) is 1. The van der Waals surface area contributed by atoms with Gasteiger partial charge in [-0.1, -0.05) is 48.7 Å². The van der Waals surface area contributed by atoms with Gasteiger partial charge in [0.05, 0.1) is 18.2 Å². The van der Waals surface area contributed by atoms with Gasteiger partial charge in [-0.05, 0) is 39.0 Å². The van der Waals surface area contributed by atoms with E-state index in [0.29, 0.717) is 30.4 Å². The number of carbonyl (C=O) groups excluding carboxylic acids is 3. The molecule has 2 heterocycles. The summed E-state index contributed by atoms with van der Waals surface area (Å²) >= 11 is 17.9. The van der Waals surface area contributed by atoms with E-state index in [-0.39, 0.29) is 30.3 Å². The summed E-state index contributed by atoms with van der Waals surface area (Å²) in [7, 11) is 0. The normalized spacial score (nSPS) is 17.5. The van der Waals surface area contributed by atoms with Gasteiger partial charge in [0.2, 0.25) is 3.79 Å². The van der Waals surface area contributed by atoms with Crippen molar-refractivity contribution >= 4 is 69.4 Å². The van der Waals surface area contributed by atoms with Crippen LogP contribution in [-0.2, 0) is 25.4 Å². The Morgan fingerprint density at radius 3 is 2.59 bits per heavy atom. The van der Waals surface area contributed by atoms with Gasteiger partial charge in [-0.15, -0.1) is 11.3 Å². The van der Waals surface area contributed by atoms with Gasteiger partial charge in [0.1, 0.15) is 18.8 Å². The number of nitrogens with one attached hydrogen (secondary N) is 1. The summed E-state index contributed by atoms with van der Waals surface area (Å²) in [6, 6.07) is -0.0750. The van der Waals surface area contributed by atoms with Crippen LogP contribution in [-0.4, -0.2) is 63.2 Å². The maximum atomic E-state index is 12.6. The van der Waals surface area contributed by atoms with Gasteiger partial charge in [0.15, 0.2) is 5.13 Å². The number of hydrogen-bond acceptors (Lipinski definition) is 8. The van der Waals surface area contributed by atoms with Crippen molar-refractivity contribution in [2.75, 3.05) is 25.1 Å². The van der Waals surface area contributed by atoms with Crippen LogP contribution in [0.4, 0.5) is 14.7 Å². The van der Waals surface area contributed by atoms with Crippen LogP contribution in [0, 0.1) is 11.8 Å². The molecule has 1 aromatic rings. The molecule has 1 saturated heterocycles. The Balaban J connectivity index is 2.08. The van der Waals surface area contributed by atoms with E-state index in [1.807, 2.05) is 13.8 Å². The molecule has 9 nitrogen and oxygen atoms in total. The number of halogens is 3. The van der Waals surface area contributed by atoms with Crippen molar-refractivity contribution in [3.63, 3.8) is 0 Å². The van der Waals surface area contributed by atoms with Crippen molar-refractivity contribution in [2.45, 2.75) is 62.9 Å². The van der Waals surface area contributed by atoms with Gasteiger partial charge in [-0.3, -0.25) is 10.1 Å². The lowest BCUT2D eigenvalue weighted by atomic mass is 9.96. The predicted molar refractivity (Wildman–Crippen MR) is 132 cm³/mol. The maximum Gasteiger partial charge on any atom is 0.413 e. The lowest BCUT2D eigenvalue weighted by molar-refractivity contribution is -0.156. The van der Waals surface area contributed by atoms with Gasteiger partial charge in [0.25, 0.3) is 0 Å². The third-order valence-corrected chi connectivity index (χ3v) is 5.87. The summed E-state index contributed by atoms with van der Waals surface area (Å²) in [6.45, 7) is 9.64. The number of thiazole rings is 1. The van der Waals surface area contributed by atoms with Gasteiger partial charge in [-0.25, -0.2) is 14.6 Å². The smallest absolute Gasteiger partial charge is 0.413 e. The minimum absolute atomic E-state index is 0.0750. The van der Waals surface area contributed by atoms with Crippen LogP contribution >= 0.6 is 46.1 Å². The number of ether oxygens (including phenoxy) is 3. The predicted octanol–water partition coefficient (Wildman–Crippen LogP) is 5.43. The van der Waals surface area contributed by atoms with Crippen LogP contribution in [0.25, 0.3) is 0 Å². The number of rotatable bonds is 9. The van der Waals surface area contributed by atoms with Crippen LogP contribution in [0.3, 0.4) is 0 Å². The second kappa shape index (κ2) is 12.0. The molecule has 0 saturated carbocycles. The molecule has 192 valence electrons. The van der Waals surface area contributed by atoms with Gasteiger partial charge >= 0.3 is 18.2 Å². The van der Waals surface area contributed by atoms with E-state index in [1.165, 1.54) is 11.3 Å². The molecule has 34 heavy (non-hydrogen) atoms. The summed E-state index contributed by atoms with van der Waals surface area (Å²) < 4.78 is 13.8. The highest BCUT2D eigenvalue weighted by molar-refractivity contribution is 7.13. The maximum absolute atomic E-state index is 12.6. The highest BCUT2D eigenvalue weighted by Crippen LogP contribution is 2.27. The first-order valence-electron chi connectivity index (χ1n) is 10.7. The average Bonchev–Trinajstić information content (AvgIpc) is 3.24. The molecule has 0 radical (unpaired) electrons. The fraction of sp³-hybridized carbons (Fsp3) is 0.714. The van der Waals surface area contributed by atoms with E-state index in [1.54, 1.807) is 31.1 Å². The van der Waals surface area contributed by atoms with Crippen LogP contribution in [0.15, 0.2) is 5.38 Å². The first-order valence-corrected chi connectivity index (χ1v) is 12.7. The third-order valence-electron chi connectivity index (χ3n) is 4.74. The zero-order valence-corrected chi connectivity index (χ0v) is 22.8. The number of esters is 1. The molecular weight excluding hydrogens is 529 g/mol. The van der Waals surface area contributed by atoms with Crippen LogP contribution in [0.5, 0.6) is 0 Å². The quantitative estimate of drug-likeness (QED) is 0.245. The highest BCUT2D eigenvalue weighted by atomic mass is 35.6. The minimum atomic E-state index is -1.72. The van der Waals surface area contributed by atoms with E-state index >= 15 is 0 Å². The summed E-state index contributed by atoms with van der Waals surface area (Å²) in [5.41, 5.74) is 0.0169. The van der Waals surface area contributed by atoms with Crippen molar-refractivity contribution in [1.29, 1.82) is 0 Å². The SMILES string of the molecule is CC(C)[C@H]1COC(=O)N1C[C@@H](CC(=O)OC(C)(C)C)Cc1csc(NC(=O)OCC(Cl)(Cl)Cl)n1. The number of anilines is 1. The first-order chi connectivity index (χ1) is 15.6. The number of amides is 2. The molecule has 1 aliphatic rings. The fourth-order valence-corrected chi connectivity index (χ4v) is 4.22. The summed E-state index contributed by atoms with van der Waals surface area (Å²) in [6.07, 6.45) is -0.727. The number of carbonyl (C=O) groups is 3. The topological polar surface area (TPSA) is 107 Å². The van der Waals surface area contributed by atoms with Crippen LogP contribution in [0.2, 0.25) is 0 Å². The molecule has 2 amide bonds. The lowest BCUT2D eigenvalue weighted by Crippen LogP contribution is -2.41. The lowest BCUT2D eigenvalue weighted by Gasteiger charge is -2.29. The van der Waals surface area contributed by atoms with Crippen molar-refractivity contribution in [2.24, 2.45) is 11.8 Å². The molecule has 0 spiro atoms. The molecular formula is C21H30Cl3N3O6S. The van der Waals surface area contributed by atoms with Crippen LogP contribution < -0.4 is 5.32 Å². The highest BCUT2D eigenvalue weighted by Gasteiger charge is 2.37. The number of hydrogen-bond donors (Lipinski definition) is 1. The zero-order chi connectivity index (χ0) is 25.7. The number of nitrogens with zero attached hydrogens (tertiary/aromatic N) is 2. The molecule has 1 aliphatic heterocycles. The van der Waals surface area contributed by atoms with E-state index in [0.717, 1.165) is 0 Å².